The first-order chi connectivity index (χ1) is 9.24. The van der Waals surface area contributed by atoms with Gasteiger partial charge in [0.25, 0.3) is 0 Å². The lowest BCUT2D eigenvalue weighted by atomic mass is 9.99. The van der Waals surface area contributed by atoms with Crippen LogP contribution in [0.25, 0.3) is 0 Å². The van der Waals surface area contributed by atoms with Gasteiger partial charge in [0.05, 0.1) is 0 Å². The van der Waals surface area contributed by atoms with E-state index in [-0.39, 0.29) is 0 Å². The van der Waals surface area contributed by atoms with Crippen LogP contribution in [0.2, 0.25) is 0 Å². The molecule has 0 bridgehead atoms. The normalized spacial score (nSPS) is 24.8. The van der Waals surface area contributed by atoms with E-state index >= 15 is 0 Å². The van der Waals surface area contributed by atoms with E-state index in [0.29, 0.717) is 0 Å². The Balaban J connectivity index is 1.86. The first kappa shape index (κ1) is 17.0. The fourth-order valence-corrected chi connectivity index (χ4v) is 3.04. The highest BCUT2D eigenvalue weighted by Gasteiger charge is 2.21. The molecule has 1 fully saturated rings. The molecule has 2 atom stereocenters. The number of rotatable bonds is 10. The molecule has 0 spiro atoms. The summed E-state index contributed by atoms with van der Waals surface area (Å²) >= 11 is 0. The second kappa shape index (κ2) is 10.7. The molecule has 2 nitrogen and oxygen atoms in total. The number of piperidine rings is 1. The predicted molar refractivity (Wildman–Crippen MR) is 85.7 cm³/mol. The van der Waals surface area contributed by atoms with Gasteiger partial charge in [-0.3, -0.25) is 0 Å². The summed E-state index contributed by atoms with van der Waals surface area (Å²) in [7, 11) is 2.25. The standard InChI is InChI=1S/C17H36N2/c1-4-5-6-7-8-9-10-11-13-18-17-12-14-19(3)16(2)15-17/h16-18H,4-15H2,1-3H3. The van der Waals surface area contributed by atoms with Crippen LogP contribution in [0.1, 0.15) is 78.1 Å². The van der Waals surface area contributed by atoms with Gasteiger partial charge in [-0.25, -0.2) is 0 Å². The topological polar surface area (TPSA) is 15.3 Å². The quantitative estimate of drug-likeness (QED) is 0.597. The SMILES string of the molecule is CCCCCCCCCCNC1CCN(C)C(C)C1. The summed E-state index contributed by atoms with van der Waals surface area (Å²) in [5.41, 5.74) is 0. The Kier molecular flexibility index (Phi) is 9.54. The molecule has 2 heteroatoms. The minimum absolute atomic E-state index is 0.754. The fourth-order valence-electron chi connectivity index (χ4n) is 3.04. The van der Waals surface area contributed by atoms with Crippen LogP contribution in [0.3, 0.4) is 0 Å². The number of hydrogen-bond acceptors (Lipinski definition) is 2. The van der Waals surface area contributed by atoms with Crippen molar-refractivity contribution in [2.75, 3.05) is 20.1 Å². The molecule has 0 radical (unpaired) electrons. The van der Waals surface area contributed by atoms with Crippen molar-refractivity contribution in [3.63, 3.8) is 0 Å². The molecule has 0 aliphatic carbocycles. The van der Waals surface area contributed by atoms with E-state index in [0.717, 1.165) is 12.1 Å². The molecule has 1 heterocycles. The summed E-state index contributed by atoms with van der Waals surface area (Å²) < 4.78 is 0. The number of likely N-dealkylation sites (tertiary alicyclic amines) is 1. The molecule has 0 aromatic rings. The molecule has 0 aromatic heterocycles. The van der Waals surface area contributed by atoms with Gasteiger partial charge in [-0.1, -0.05) is 51.9 Å². The molecule has 0 amide bonds. The van der Waals surface area contributed by atoms with Crippen LogP contribution in [0, 0.1) is 0 Å². The van der Waals surface area contributed by atoms with Gasteiger partial charge in [0.2, 0.25) is 0 Å². The average Bonchev–Trinajstić information content (AvgIpc) is 2.41. The molecule has 1 rings (SSSR count). The summed E-state index contributed by atoms with van der Waals surface area (Å²) in [4.78, 5) is 2.48. The minimum Gasteiger partial charge on any atom is -0.314 e. The number of hydrogen-bond donors (Lipinski definition) is 1. The largest absolute Gasteiger partial charge is 0.314 e. The fraction of sp³-hybridized carbons (Fsp3) is 1.00. The molecule has 0 aromatic carbocycles. The van der Waals surface area contributed by atoms with E-state index in [1.54, 1.807) is 0 Å². The zero-order valence-corrected chi connectivity index (χ0v) is 13.6. The van der Waals surface area contributed by atoms with Crippen molar-refractivity contribution in [3.05, 3.63) is 0 Å². The molecule has 1 saturated heterocycles. The number of unbranched alkanes of at least 4 members (excludes halogenated alkanes) is 7. The smallest absolute Gasteiger partial charge is 0.00940 e. The zero-order chi connectivity index (χ0) is 13.9. The number of nitrogens with zero attached hydrogens (tertiary/aromatic N) is 1. The van der Waals surface area contributed by atoms with Gasteiger partial charge in [-0.15, -0.1) is 0 Å². The molecule has 1 aliphatic rings. The van der Waals surface area contributed by atoms with Gasteiger partial charge in [0.15, 0.2) is 0 Å². The van der Waals surface area contributed by atoms with Crippen LogP contribution in [0.4, 0.5) is 0 Å². The van der Waals surface area contributed by atoms with Gasteiger partial charge >= 0.3 is 0 Å². The molecule has 1 N–H and O–H groups in total. The van der Waals surface area contributed by atoms with E-state index in [4.69, 9.17) is 0 Å². The predicted octanol–water partition coefficient (Wildman–Crippen LogP) is 4.20. The van der Waals surface area contributed by atoms with Crippen molar-refractivity contribution < 1.29 is 0 Å². The lowest BCUT2D eigenvalue weighted by Crippen LogP contribution is -2.45. The maximum absolute atomic E-state index is 3.76. The Morgan fingerprint density at radius 1 is 1.00 bits per heavy atom. The van der Waals surface area contributed by atoms with Crippen LogP contribution in [-0.4, -0.2) is 37.1 Å². The Morgan fingerprint density at radius 2 is 1.63 bits per heavy atom. The van der Waals surface area contributed by atoms with Crippen molar-refractivity contribution in [1.29, 1.82) is 0 Å². The monoisotopic (exact) mass is 268 g/mol. The average molecular weight is 268 g/mol. The van der Waals surface area contributed by atoms with Crippen LogP contribution < -0.4 is 5.32 Å². The molecular weight excluding hydrogens is 232 g/mol. The van der Waals surface area contributed by atoms with Crippen molar-refractivity contribution in [3.8, 4) is 0 Å². The second-order valence-electron chi connectivity index (χ2n) is 6.48. The lowest BCUT2D eigenvalue weighted by Gasteiger charge is -2.35. The Bertz CT molecular complexity index is 205. The summed E-state index contributed by atoms with van der Waals surface area (Å²) in [6.07, 6.45) is 14.0. The van der Waals surface area contributed by atoms with Crippen LogP contribution in [-0.2, 0) is 0 Å². The maximum atomic E-state index is 3.76. The highest BCUT2D eigenvalue weighted by Crippen LogP contribution is 2.15. The van der Waals surface area contributed by atoms with Crippen molar-refractivity contribution >= 4 is 0 Å². The van der Waals surface area contributed by atoms with Crippen LogP contribution >= 0.6 is 0 Å². The molecule has 0 saturated carbocycles. The molecule has 19 heavy (non-hydrogen) atoms. The second-order valence-corrected chi connectivity index (χ2v) is 6.48. The number of nitrogens with one attached hydrogen (secondary N) is 1. The molecule has 1 aliphatic heterocycles. The minimum atomic E-state index is 0.754. The summed E-state index contributed by atoms with van der Waals surface area (Å²) in [6, 6.07) is 1.53. The Hall–Kier alpha value is -0.0800. The van der Waals surface area contributed by atoms with Gasteiger partial charge in [-0.05, 0) is 46.3 Å². The Morgan fingerprint density at radius 3 is 2.26 bits per heavy atom. The van der Waals surface area contributed by atoms with Gasteiger partial charge in [0, 0.05) is 12.1 Å². The third-order valence-corrected chi connectivity index (χ3v) is 4.67. The van der Waals surface area contributed by atoms with Crippen molar-refractivity contribution in [2.45, 2.75) is 90.1 Å². The van der Waals surface area contributed by atoms with Crippen molar-refractivity contribution in [1.82, 2.24) is 10.2 Å². The maximum Gasteiger partial charge on any atom is 0.00940 e. The third kappa shape index (κ3) is 7.94. The highest BCUT2D eigenvalue weighted by molar-refractivity contribution is 4.80. The first-order valence-electron chi connectivity index (χ1n) is 8.67. The van der Waals surface area contributed by atoms with E-state index < -0.39 is 0 Å². The van der Waals surface area contributed by atoms with Crippen molar-refractivity contribution in [2.24, 2.45) is 0 Å². The van der Waals surface area contributed by atoms with E-state index in [1.807, 2.05) is 0 Å². The molecule has 2 unspecified atom stereocenters. The van der Waals surface area contributed by atoms with Crippen LogP contribution in [0.15, 0.2) is 0 Å². The van der Waals surface area contributed by atoms with Gasteiger partial charge in [-0.2, -0.15) is 0 Å². The first-order valence-corrected chi connectivity index (χ1v) is 8.67. The van der Waals surface area contributed by atoms with E-state index in [9.17, 15) is 0 Å². The van der Waals surface area contributed by atoms with E-state index in [2.05, 4.69) is 31.1 Å². The summed E-state index contributed by atoms with van der Waals surface area (Å²) in [5, 5.41) is 3.76. The third-order valence-electron chi connectivity index (χ3n) is 4.67. The molecular formula is C17H36N2. The van der Waals surface area contributed by atoms with Gasteiger partial charge < -0.3 is 10.2 Å². The van der Waals surface area contributed by atoms with Crippen LogP contribution in [0.5, 0.6) is 0 Å². The Labute approximate surface area is 121 Å². The lowest BCUT2D eigenvalue weighted by molar-refractivity contribution is 0.168. The van der Waals surface area contributed by atoms with Gasteiger partial charge in [0.1, 0.15) is 0 Å². The highest BCUT2D eigenvalue weighted by atomic mass is 15.1. The summed E-state index contributed by atoms with van der Waals surface area (Å²) in [6.45, 7) is 7.13. The van der Waals surface area contributed by atoms with E-state index in [1.165, 1.54) is 77.3 Å². The molecule has 114 valence electrons. The zero-order valence-electron chi connectivity index (χ0n) is 13.6. The summed E-state index contributed by atoms with van der Waals surface area (Å²) in [5.74, 6) is 0.